The fourth-order valence-electron chi connectivity index (χ4n) is 2.67. The van der Waals surface area contributed by atoms with Gasteiger partial charge in [-0.25, -0.2) is 0 Å². The van der Waals surface area contributed by atoms with Crippen molar-refractivity contribution in [2.45, 2.75) is 50.3 Å². The molecule has 0 spiro atoms. The average molecular weight is 213 g/mol. The molecular formula is C11H19NO3. The second-order valence-corrected chi connectivity index (χ2v) is 4.61. The van der Waals surface area contributed by atoms with Crippen LogP contribution in [0.15, 0.2) is 0 Å². The summed E-state index contributed by atoms with van der Waals surface area (Å²) >= 11 is 0. The molecule has 4 unspecified atom stereocenters. The Kier molecular flexibility index (Phi) is 3.26. The number of carboxylic acid groups (broad SMARTS) is 1. The number of carboxylic acids is 1. The maximum Gasteiger partial charge on any atom is 0.308 e. The molecule has 4 heteroatoms. The summed E-state index contributed by atoms with van der Waals surface area (Å²) in [5.74, 6) is -0.839. The van der Waals surface area contributed by atoms with Crippen LogP contribution >= 0.6 is 0 Å². The van der Waals surface area contributed by atoms with Crippen LogP contribution in [0.5, 0.6) is 0 Å². The number of hydrogen-bond acceptors (Lipinski definition) is 3. The van der Waals surface area contributed by atoms with E-state index in [4.69, 9.17) is 9.84 Å². The normalized spacial score (nSPS) is 40.1. The minimum atomic E-state index is -0.661. The quantitative estimate of drug-likeness (QED) is 0.731. The molecule has 4 nitrogen and oxygen atoms in total. The summed E-state index contributed by atoms with van der Waals surface area (Å²) in [6.07, 6.45) is 5.47. The molecule has 2 aliphatic carbocycles. The Hall–Kier alpha value is -0.610. The molecule has 0 amide bonds. The Labute approximate surface area is 90.0 Å². The molecule has 0 radical (unpaired) electrons. The van der Waals surface area contributed by atoms with Crippen molar-refractivity contribution in [2.75, 3.05) is 7.11 Å². The molecule has 2 aliphatic rings. The van der Waals surface area contributed by atoms with Gasteiger partial charge < -0.3 is 15.2 Å². The number of nitrogens with one attached hydrogen (secondary N) is 1. The van der Waals surface area contributed by atoms with Crippen LogP contribution in [0.25, 0.3) is 0 Å². The van der Waals surface area contributed by atoms with Gasteiger partial charge in [0, 0.05) is 19.2 Å². The molecule has 0 aromatic carbocycles. The minimum absolute atomic E-state index is 0.170. The summed E-state index contributed by atoms with van der Waals surface area (Å²) in [6, 6.07) is 0.533. The van der Waals surface area contributed by atoms with E-state index in [0.717, 1.165) is 25.7 Å². The molecule has 4 atom stereocenters. The maximum atomic E-state index is 10.8. The van der Waals surface area contributed by atoms with E-state index in [1.807, 2.05) is 0 Å². The van der Waals surface area contributed by atoms with Crippen LogP contribution in [-0.4, -0.2) is 36.4 Å². The molecule has 15 heavy (non-hydrogen) atoms. The number of ether oxygens (including phenoxy) is 1. The minimum Gasteiger partial charge on any atom is -0.481 e. The van der Waals surface area contributed by atoms with Crippen molar-refractivity contribution < 1.29 is 14.6 Å². The lowest BCUT2D eigenvalue weighted by Crippen LogP contribution is -2.53. The summed E-state index contributed by atoms with van der Waals surface area (Å²) in [5.41, 5.74) is 0. The average Bonchev–Trinajstić information content (AvgIpc) is 2.58. The third-order valence-electron chi connectivity index (χ3n) is 3.78. The first-order valence-electron chi connectivity index (χ1n) is 5.74. The van der Waals surface area contributed by atoms with Gasteiger partial charge in [-0.1, -0.05) is 0 Å². The van der Waals surface area contributed by atoms with Crippen LogP contribution in [0.2, 0.25) is 0 Å². The van der Waals surface area contributed by atoms with Crippen molar-refractivity contribution in [3.05, 3.63) is 0 Å². The van der Waals surface area contributed by atoms with Crippen LogP contribution < -0.4 is 5.32 Å². The second-order valence-electron chi connectivity index (χ2n) is 4.61. The van der Waals surface area contributed by atoms with Crippen molar-refractivity contribution in [3.8, 4) is 0 Å². The van der Waals surface area contributed by atoms with Gasteiger partial charge >= 0.3 is 5.97 Å². The van der Waals surface area contributed by atoms with Crippen LogP contribution in [0.3, 0.4) is 0 Å². The highest BCUT2D eigenvalue weighted by molar-refractivity contribution is 5.72. The number of aliphatic carboxylic acids is 1. The standard InChI is InChI=1S/C11H19NO3/c1-15-10-4-2-3-9(10)12-8-6-5-7(8)11(13)14/h7-10,12H,2-6H2,1H3,(H,13,14). The van der Waals surface area contributed by atoms with Crippen molar-refractivity contribution in [3.63, 3.8) is 0 Å². The highest BCUT2D eigenvalue weighted by Gasteiger charge is 2.39. The molecule has 0 bridgehead atoms. The van der Waals surface area contributed by atoms with Crippen LogP contribution in [0.4, 0.5) is 0 Å². The van der Waals surface area contributed by atoms with Gasteiger partial charge in [-0.2, -0.15) is 0 Å². The van der Waals surface area contributed by atoms with Crippen LogP contribution in [0, 0.1) is 5.92 Å². The third kappa shape index (κ3) is 2.16. The molecule has 2 saturated carbocycles. The van der Waals surface area contributed by atoms with Crippen LogP contribution in [0.1, 0.15) is 32.1 Å². The largest absolute Gasteiger partial charge is 0.481 e. The number of rotatable bonds is 4. The topological polar surface area (TPSA) is 58.6 Å². The molecule has 2 N–H and O–H groups in total. The molecule has 2 rings (SSSR count). The first-order valence-corrected chi connectivity index (χ1v) is 5.74. The summed E-state index contributed by atoms with van der Waals surface area (Å²) in [5, 5.41) is 12.4. The first-order chi connectivity index (χ1) is 7.22. The predicted octanol–water partition coefficient (Wildman–Crippen LogP) is 1.01. The maximum absolute atomic E-state index is 10.8. The molecule has 0 heterocycles. The lowest BCUT2D eigenvalue weighted by atomic mass is 9.79. The SMILES string of the molecule is COC1CCCC1NC1CCC1C(=O)O. The molecule has 0 aliphatic heterocycles. The Balaban J connectivity index is 1.84. The van der Waals surface area contributed by atoms with E-state index in [1.54, 1.807) is 7.11 Å². The first kappa shape index (κ1) is 10.9. The molecule has 0 aromatic heterocycles. The van der Waals surface area contributed by atoms with Gasteiger partial charge in [0.15, 0.2) is 0 Å². The second kappa shape index (κ2) is 4.49. The predicted molar refractivity (Wildman–Crippen MR) is 55.7 cm³/mol. The highest BCUT2D eigenvalue weighted by Crippen LogP contribution is 2.30. The number of hydrogen-bond donors (Lipinski definition) is 2. The van der Waals surface area contributed by atoms with Gasteiger partial charge in [0.05, 0.1) is 12.0 Å². The van der Waals surface area contributed by atoms with E-state index in [0.29, 0.717) is 6.04 Å². The van der Waals surface area contributed by atoms with Gasteiger partial charge in [-0.05, 0) is 32.1 Å². The molecule has 86 valence electrons. The number of methoxy groups -OCH3 is 1. The van der Waals surface area contributed by atoms with Crippen LogP contribution in [-0.2, 0) is 9.53 Å². The van der Waals surface area contributed by atoms with Gasteiger partial charge in [0.2, 0.25) is 0 Å². The fourth-order valence-corrected chi connectivity index (χ4v) is 2.67. The van der Waals surface area contributed by atoms with E-state index in [1.165, 1.54) is 6.42 Å². The summed E-state index contributed by atoms with van der Waals surface area (Å²) in [4.78, 5) is 10.8. The van der Waals surface area contributed by atoms with E-state index in [9.17, 15) is 4.79 Å². The fraction of sp³-hybridized carbons (Fsp3) is 0.909. The monoisotopic (exact) mass is 213 g/mol. The van der Waals surface area contributed by atoms with Gasteiger partial charge in [0.25, 0.3) is 0 Å². The van der Waals surface area contributed by atoms with Crippen molar-refractivity contribution in [2.24, 2.45) is 5.92 Å². The molecule has 2 fully saturated rings. The van der Waals surface area contributed by atoms with E-state index in [-0.39, 0.29) is 18.1 Å². The zero-order valence-corrected chi connectivity index (χ0v) is 9.11. The van der Waals surface area contributed by atoms with E-state index >= 15 is 0 Å². The van der Waals surface area contributed by atoms with Crippen molar-refractivity contribution in [1.82, 2.24) is 5.32 Å². The molecular weight excluding hydrogens is 194 g/mol. The van der Waals surface area contributed by atoms with Gasteiger partial charge in [0.1, 0.15) is 0 Å². The lowest BCUT2D eigenvalue weighted by Gasteiger charge is -2.37. The summed E-state index contributed by atoms with van der Waals surface area (Å²) in [6.45, 7) is 0. The van der Waals surface area contributed by atoms with E-state index in [2.05, 4.69) is 5.32 Å². The Bertz CT molecular complexity index is 244. The molecule has 0 aromatic rings. The highest BCUT2D eigenvalue weighted by atomic mass is 16.5. The Morgan fingerprint density at radius 3 is 2.60 bits per heavy atom. The van der Waals surface area contributed by atoms with Crippen molar-refractivity contribution in [1.29, 1.82) is 0 Å². The van der Waals surface area contributed by atoms with Gasteiger partial charge in [-0.15, -0.1) is 0 Å². The lowest BCUT2D eigenvalue weighted by molar-refractivity contribution is -0.146. The summed E-state index contributed by atoms with van der Waals surface area (Å²) in [7, 11) is 1.74. The Morgan fingerprint density at radius 1 is 1.27 bits per heavy atom. The third-order valence-corrected chi connectivity index (χ3v) is 3.78. The van der Waals surface area contributed by atoms with Crippen molar-refractivity contribution >= 4 is 5.97 Å². The zero-order valence-electron chi connectivity index (χ0n) is 9.11. The Morgan fingerprint density at radius 2 is 2.07 bits per heavy atom. The molecule has 0 saturated heterocycles. The van der Waals surface area contributed by atoms with Gasteiger partial charge in [-0.3, -0.25) is 4.79 Å². The summed E-state index contributed by atoms with van der Waals surface area (Å²) < 4.78 is 5.38. The smallest absolute Gasteiger partial charge is 0.308 e. The zero-order chi connectivity index (χ0) is 10.8. The van der Waals surface area contributed by atoms with E-state index < -0.39 is 5.97 Å². The number of carbonyl (C=O) groups is 1.